The monoisotopic (exact) mass is 249 g/mol. The van der Waals surface area contributed by atoms with E-state index in [1.54, 1.807) is 17.0 Å². The number of β-amino-alcohol motifs (C(OH)–C–C–N with tert-alkyl or cyclic N) is 1. The van der Waals surface area contributed by atoms with Crippen LogP contribution in [0.15, 0.2) is 24.3 Å². The Kier molecular flexibility index (Phi) is 4.20. The SMILES string of the molecule is CCOc1cccc(C(=O)N2CCCC(O)C2)c1. The lowest BCUT2D eigenvalue weighted by Crippen LogP contribution is -2.42. The van der Waals surface area contributed by atoms with Crippen molar-refractivity contribution in [3.63, 3.8) is 0 Å². The van der Waals surface area contributed by atoms with Gasteiger partial charge in [-0.15, -0.1) is 0 Å². The van der Waals surface area contributed by atoms with E-state index < -0.39 is 6.10 Å². The van der Waals surface area contributed by atoms with Crippen LogP contribution in [0.2, 0.25) is 0 Å². The van der Waals surface area contributed by atoms with Crippen LogP contribution in [0.4, 0.5) is 0 Å². The molecule has 1 saturated heterocycles. The molecule has 0 radical (unpaired) electrons. The van der Waals surface area contributed by atoms with Crippen molar-refractivity contribution >= 4 is 5.91 Å². The van der Waals surface area contributed by atoms with E-state index >= 15 is 0 Å². The maximum atomic E-state index is 12.3. The van der Waals surface area contributed by atoms with Gasteiger partial charge in [0.1, 0.15) is 5.75 Å². The van der Waals surface area contributed by atoms with Gasteiger partial charge in [-0.2, -0.15) is 0 Å². The lowest BCUT2D eigenvalue weighted by molar-refractivity contribution is 0.0473. The lowest BCUT2D eigenvalue weighted by atomic mass is 10.1. The molecule has 0 aliphatic carbocycles. The number of benzene rings is 1. The van der Waals surface area contributed by atoms with E-state index in [-0.39, 0.29) is 5.91 Å². The third-order valence-corrected chi connectivity index (χ3v) is 3.08. The fourth-order valence-corrected chi connectivity index (χ4v) is 2.21. The van der Waals surface area contributed by atoms with Gasteiger partial charge in [0, 0.05) is 18.7 Å². The Hall–Kier alpha value is -1.55. The lowest BCUT2D eigenvalue weighted by Gasteiger charge is -2.30. The minimum absolute atomic E-state index is 0.0321. The molecule has 2 rings (SSSR count). The zero-order chi connectivity index (χ0) is 13.0. The Labute approximate surface area is 107 Å². The van der Waals surface area contributed by atoms with Gasteiger partial charge in [-0.25, -0.2) is 0 Å². The van der Waals surface area contributed by atoms with Crippen LogP contribution in [0.5, 0.6) is 5.75 Å². The minimum Gasteiger partial charge on any atom is -0.494 e. The number of aliphatic hydroxyl groups is 1. The maximum Gasteiger partial charge on any atom is 0.254 e. The van der Waals surface area contributed by atoms with Crippen molar-refractivity contribution in [2.75, 3.05) is 19.7 Å². The van der Waals surface area contributed by atoms with Gasteiger partial charge in [-0.05, 0) is 38.0 Å². The average Bonchev–Trinajstić information content (AvgIpc) is 2.39. The maximum absolute atomic E-state index is 12.3. The highest BCUT2D eigenvalue weighted by Gasteiger charge is 2.23. The first-order valence-electron chi connectivity index (χ1n) is 6.41. The number of nitrogens with zero attached hydrogens (tertiary/aromatic N) is 1. The van der Waals surface area contributed by atoms with Crippen molar-refractivity contribution in [1.29, 1.82) is 0 Å². The largest absolute Gasteiger partial charge is 0.494 e. The summed E-state index contributed by atoms with van der Waals surface area (Å²) < 4.78 is 5.39. The highest BCUT2D eigenvalue weighted by atomic mass is 16.5. The molecule has 0 spiro atoms. The molecule has 1 unspecified atom stereocenters. The van der Waals surface area contributed by atoms with E-state index in [1.807, 2.05) is 19.1 Å². The molecular formula is C14H19NO3. The zero-order valence-corrected chi connectivity index (χ0v) is 10.6. The van der Waals surface area contributed by atoms with Crippen molar-refractivity contribution in [2.45, 2.75) is 25.9 Å². The molecule has 18 heavy (non-hydrogen) atoms. The molecule has 1 aromatic rings. The van der Waals surface area contributed by atoms with E-state index in [9.17, 15) is 9.90 Å². The molecule has 0 saturated carbocycles. The topological polar surface area (TPSA) is 49.8 Å². The van der Waals surface area contributed by atoms with Crippen LogP contribution in [-0.2, 0) is 0 Å². The summed E-state index contributed by atoms with van der Waals surface area (Å²) in [7, 11) is 0. The molecule has 1 atom stereocenters. The Balaban J connectivity index is 2.10. The van der Waals surface area contributed by atoms with Crippen molar-refractivity contribution < 1.29 is 14.6 Å². The molecule has 98 valence electrons. The van der Waals surface area contributed by atoms with Crippen LogP contribution in [0.3, 0.4) is 0 Å². The smallest absolute Gasteiger partial charge is 0.254 e. The normalized spacial score (nSPS) is 19.7. The van der Waals surface area contributed by atoms with Crippen LogP contribution in [0.25, 0.3) is 0 Å². The zero-order valence-electron chi connectivity index (χ0n) is 10.6. The second kappa shape index (κ2) is 5.87. The Bertz CT molecular complexity index is 419. The highest BCUT2D eigenvalue weighted by molar-refractivity contribution is 5.94. The van der Waals surface area contributed by atoms with Gasteiger partial charge in [0.25, 0.3) is 5.91 Å². The fourth-order valence-electron chi connectivity index (χ4n) is 2.21. The first-order valence-corrected chi connectivity index (χ1v) is 6.41. The van der Waals surface area contributed by atoms with E-state index in [4.69, 9.17) is 4.74 Å². The van der Waals surface area contributed by atoms with Crippen LogP contribution in [-0.4, -0.2) is 41.7 Å². The number of carbonyl (C=O) groups is 1. The molecule has 1 N–H and O–H groups in total. The number of hydrogen-bond acceptors (Lipinski definition) is 3. The molecule has 0 bridgehead atoms. The van der Waals surface area contributed by atoms with Crippen molar-refractivity contribution in [3.8, 4) is 5.75 Å². The summed E-state index contributed by atoms with van der Waals surface area (Å²) in [6, 6.07) is 7.20. The Morgan fingerprint density at radius 2 is 2.39 bits per heavy atom. The second-order valence-electron chi connectivity index (χ2n) is 4.51. The summed E-state index contributed by atoms with van der Waals surface area (Å²) in [6.45, 7) is 3.64. The molecule has 1 amide bonds. The molecule has 1 heterocycles. The van der Waals surface area contributed by atoms with Gasteiger partial charge in [0.05, 0.1) is 12.7 Å². The van der Waals surface area contributed by atoms with Gasteiger partial charge in [-0.3, -0.25) is 4.79 Å². The predicted molar refractivity (Wildman–Crippen MR) is 68.8 cm³/mol. The molecule has 0 aromatic heterocycles. The molecule has 4 heteroatoms. The standard InChI is InChI=1S/C14H19NO3/c1-2-18-13-7-3-5-11(9-13)14(17)15-8-4-6-12(16)10-15/h3,5,7,9,12,16H,2,4,6,8,10H2,1H3. The van der Waals surface area contributed by atoms with Crippen LogP contribution in [0, 0.1) is 0 Å². The Morgan fingerprint density at radius 1 is 1.56 bits per heavy atom. The first-order chi connectivity index (χ1) is 8.70. The summed E-state index contributed by atoms with van der Waals surface area (Å²) in [5.74, 6) is 0.677. The summed E-state index contributed by atoms with van der Waals surface area (Å²) >= 11 is 0. The van der Waals surface area contributed by atoms with Crippen molar-refractivity contribution in [2.24, 2.45) is 0 Å². The molecule has 1 fully saturated rings. The van der Waals surface area contributed by atoms with Gasteiger partial charge in [0.15, 0.2) is 0 Å². The van der Waals surface area contributed by atoms with Crippen LogP contribution < -0.4 is 4.74 Å². The van der Waals surface area contributed by atoms with Crippen molar-refractivity contribution in [1.82, 2.24) is 4.90 Å². The number of hydrogen-bond donors (Lipinski definition) is 1. The van der Waals surface area contributed by atoms with Crippen LogP contribution >= 0.6 is 0 Å². The van der Waals surface area contributed by atoms with Gasteiger partial charge in [-0.1, -0.05) is 6.07 Å². The van der Waals surface area contributed by atoms with Gasteiger partial charge >= 0.3 is 0 Å². The van der Waals surface area contributed by atoms with E-state index in [0.717, 1.165) is 19.4 Å². The summed E-state index contributed by atoms with van der Waals surface area (Å²) in [4.78, 5) is 14.0. The molecular weight excluding hydrogens is 230 g/mol. The molecule has 1 aliphatic heterocycles. The number of amides is 1. The molecule has 1 aliphatic rings. The predicted octanol–water partition coefficient (Wildman–Crippen LogP) is 1.68. The summed E-state index contributed by atoms with van der Waals surface area (Å²) in [6.07, 6.45) is 1.25. The number of carbonyl (C=O) groups excluding carboxylic acids is 1. The van der Waals surface area contributed by atoms with Crippen molar-refractivity contribution in [3.05, 3.63) is 29.8 Å². The van der Waals surface area contributed by atoms with E-state index in [1.165, 1.54) is 0 Å². The average molecular weight is 249 g/mol. The summed E-state index contributed by atoms with van der Waals surface area (Å²) in [5, 5.41) is 9.60. The number of ether oxygens (including phenoxy) is 1. The molecule has 4 nitrogen and oxygen atoms in total. The quantitative estimate of drug-likeness (QED) is 0.886. The number of piperidine rings is 1. The number of likely N-dealkylation sites (tertiary alicyclic amines) is 1. The van der Waals surface area contributed by atoms with E-state index in [2.05, 4.69) is 0 Å². The minimum atomic E-state index is -0.391. The second-order valence-corrected chi connectivity index (χ2v) is 4.51. The molecule has 1 aromatic carbocycles. The van der Waals surface area contributed by atoms with Gasteiger partial charge < -0.3 is 14.7 Å². The summed E-state index contributed by atoms with van der Waals surface area (Å²) in [5.41, 5.74) is 0.620. The number of rotatable bonds is 3. The Morgan fingerprint density at radius 3 is 3.11 bits per heavy atom. The fraction of sp³-hybridized carbons (Fsp3) is 0.500. The van der Waals surface area contributed by atoms with E-state index in [0.29, 0.717) is 24.5 Å². The third kappa shape index (κ3) is 3.01. The third-order valence-electron chi connectivity index (χ3n) is 3.08. The highest BCUT2D eigenvalue weighted by Crippen LogP contribution is 2.17. The van der Waals surface area contributed by atoms with Crippen LogP contribution in [0.1, 0.15) is 30.1 Å². The van der Waals surface area contributed by atoms with Gasteiger partial charge in [0.2, 0.25) is 0 Å². The number of aliphatic hydroxyl groups excluding tert-OH is 1. The first kappa shape index (κ1) is 12.9.